The molecule has 2 atom stereocenters. The normalized spacial score (nSPS) is 23.2. The van der Waals surface area contributed by atoms with Crippen LogP contribution in [-0.4, -0.2) is 46.3 Å². The summed E-state index contributed by atoms with van der Waals surface area (Å²) in [6.07, 6.45) is 1.17. The number of guanidine groups is 1. The fourth-order valence-electron chi connectivity index (χ4n) is 1.38. The number of nitrogens with zero attached hydrogens (tertiary/aromatic N) is 1. The molecular weight excluding hydrogens is 367 g/mol. The van der Waals surface area contributed by atoms with Gasteiger partial charge in [-0.15, -0.1) is 24.0 Å². The van der Waals surface area contributed by atoms with Crippen molar-refractivity contribution in [3.8, 4) is 0 Å². The molecule has 0 bridgehead atoms. The number of halogens is 1. The summed E-state index contributed by atoms with van der Waals surface area (Å²) in [6, 6.07) is 0.508. The lowest BCUT2D eigenvalue weighted by Gasteiger charge is -2.11. The van der Waals surface area contributed by atoms with E-state index in [0.717, 1.165) is 5.96 Å². The number of aliphatic imine (C=N–C) groups is 1. The summed E-state index contributed by atoms with van der Waals surface area (Å²) in [5.41, 5.74) is 0. The molecule has 18 heavy (non-hydrogen) atoms. The average Bonchev–Trinajstić information content (AvgIpc) is 2.98. The van der Waals surface area contributed by atoms with Gasteiger partial charge >= 0.3 is 0 Å². The number of hydrogen-bond donors (Lipinski definition) is 3. The third-order valence-electron chi connectivity index (χ3n) is 2.77. The van der Waals surface area contributed by atoms with E-state index in [1.165, 1.54) is 6.42 Å². The highest BCUT2D eigenvalue weighted by Gasteiger charge is 2.33. The first-order valence-corrected chi connectivity index (χ1v) is 7.58. The maximum Gasteiger partial charge on any atom is 0.211 e. The van der Waals surface area contributed by atoms with Gasteiger partial charge in [-0.2, -0.15) is 0 Å². The Hall–Kier alpha value is -0.0900. The molecule has 0 saturated heterocycles. The van der Waals surface area contributed by atoms with Crippen molar-refractivity contribution >= 4 is 40.0 Å². The van der Waals surface area contributed by atoms with Crippen molar-refractivity contribution in [2.45, 2.75) is 26.3 Å². The molecule has 3 N–H and O–H groups in total. The Bertz CT molecular complexity index is 372. The van der Waals surface area contributed by atoms with Crippen LogP contribution in [0.3, 0.4) is 0 Å². The molecule has 0 aromatic carbocycles. The van der Waals surface area contributed by atoms with Crippen LogP contribution in [0.2, 0.25) is 0 Å². The second-order valence-corrected chi connectivity index (χ2v) is 6.36. The van der Waals surface area contributed by atoms with E-state index in [-0.39, 0.29) is 29.7 Å². The van der Waals surface area contributed by atoms with Gasteiger partial charge in [-0.1, -0.05) is 6.92 Å². The van der Waals surface area contributed by atoms with E-state index in [1.807, 2.05) is 0 Å². The quantitative estimate of drug-likeness (QED) is 0.260. The molecule has 0 spiro atoms. The van der Waals surface area contributed by atoms with E-state index >= 15 is 0 Å². The number of sulfonamides is 1. The van der Waals surface area contributed by atoms with Crippen LogP contribution in [0.25, 0.3) is 0 Å². The summed E-state index contributed by atoms with van der Waals surface area (Å²) in [6.45, 7) is 4.70. The van der Waals surface area contributed by atoms with Crippen molar-refractivity contribution < 1.29 is 8.42 Å². The Morgan fingerprint density at radius 1 is 1.39 bits per heavy atom. The standard InChI is InChI=1S/C10H22N4O2S.HI/c1-4-17(15,16)13-6-5-12-10(11-3)14-9-7-8(9)2;/h8-9,13H,4-7H2,1-3H3,(H2,11,12,14);1H. The molecule has 108 valence electrons. The second kappa shape index (κ2) is 8.16. The topological polar surface area (TPSA) is 82.6 Å². The van der Waals surface area contributed by atoms with Crippen LogP contribution in [-0.2, 0) is 10.0 Å². The lowest BCUT2D eigenvalue weighted by atomic mass is 10.5. The molecule has 6 nitrogen and oxygen atoms in total. The monoisotopic (exact) mass is 390 g/mol. The van der Waals surface area contributed by atoms with E-state index in [9.17, 15) is 8.42 Å². The van der Waals surface area contributed by atoms with Crippen molar-refractivity contribution in [1.29, 1.82) is 0 Å². The van der Waals surface area contributed by atoms with Gasteiger partial charge in [-0.3, -0.25) is 4.99 Å². The SMILES string of the molecule is CCS(=O)(=O)NCCNC(=NC)NC1CC1C.I. The highest BCUT2D eigenvalue weighted by Crippen LogP contribution is 2.28. The summed E-state index contributed by atoms with van der Waals surface area (Å²) in [5, 5.41) is 6.33. The van der Waals surface area contributed by atoms with Gasteiger partial charge in [0.2, 0.25) is 10.0 Å². The number of nitrogens with one attached hydrogen (secondary N) is 3. The molecule has 1 rings (SSSR count). The lowest BCUT2D eigenvalue weighted by molar-refractivity contribution is 0.581. The van der Waals surface area contributed by atoms with Crippen LogP contribution in [0.15, 0.2) is 4.99 Å². The highest BCUT2D eigenvalue weighted by atomic mass is 127. The van der Waals surface area contributed by atoms with Crippen LogP contribution >= 0.6 is 24.0 Å². The van der Waals surface area contributed by atoms with Crippen LogP contribution < -0.4 is 15.4 Å². The minimum absolute atomic E-state index is 0. The van der Waals surface area contributed by atoms with Gasteiger partial charge in [0.15, 0.2) is 5.96 Å². The Morgan fingerprint density at radius 3 is 2.44 bits per heavy atom. The van der Waals surface area contributed by atoms with Crippen LogP contribution in [0.1, 0.15) is 20.3 Å². The first kappa shape index (κ1) is 17.9. The van der Waals surface area contributed by atoms with E-state index < -0.39 is 10.0 Å². The van der Waals surface area contributed by atoms with Gasteiger partial charge in [-0.25, -0.2) is 13.1 Å². The van der Waals surface area contributed by atoms with E-state index in [2.05, 4.69) is 27.3 Å². The van der Waals surface area contributed by atoms with Gasteiger partial charge in [0.25, 0.3) is 0 Å². The van der Waals surface area contributed by atoms with Gasteiger partial charge in [0.05, 0.1) is 5.75 Å². The van der Waals surface area contributed by atoms with Crippen LogP contribution in [0.4, 0.5) is 0 Å². The first-order chi connectivity index (χ1) is 7.98. The third-order valence-corrected chi connectivity index (χ3v) is 4.18. The fourth-order valence-corrected chi connectivity index (χ4v) is 2.00. The lowest BCUT2D eigenvalue weighted by Crippen LogP contribution is -2.42. The van der Waals surface area contributed by atoms with Gasteiger partial charge < -0.3 is 10.6 Å². The molecule has 1 aliphatic rings. The minimum atomic E-state index is -3.09. The summed E-state index contributed by atoms with van der Waals surface area (Å²) >= 11 is 0. The van der Waals surface area contributed by atoms with Crippen LogP contribution in [0, 0.1) is 5.92 Å². The van der Waals surface area contributed by atoms with Gasteiger partial charge in [-0.05, 0) is 19.3 Å². The summed E-state index contributed by atoms with van der Waals surface area (Å²) in [4.78, 5) is 4.07. The van der Waals surface area contributed by atoms with Crippen molar-refractivity contribution in [2.24, 2.45) is 10.9 Å². The molecule has 1 saturated carbocycles. The first-order valence-electron chi connectivity index (χ1n) is 5.93. The van der Waals surface area contributed by atoms with Gasteiger partial charge in [0.1, 0.15) is 0 Å². The number of hydrogen-bond acceptors (Lipinski definition) is 3. The predicted octanol–water partition coefficient (Wildman–Crippen LogP) is 0.117. The smallest absolute Gasteiger partial charge is 0.211 e. The molecule has 8 heteroatoms. The summed E-state index contributed by atoms with van der Waals surface area (Å²) < 4.78 is 24.8. The summed E-state index contributed by atoms with van der Waals surface area (Å²) in [5.74, 6) is 1.54. The van der Waals surface area contributed by atoms with Gasteiger partial charge in [0, 0.05) is 26.2 Å². The molecule has 2 unspecified atom stereocenters. The molecule has 0 aromatic rings. The zero-order valence-electron chi connectivity index (χ0n) is 11.1. The van der Waals surface area contributed by atoms with Crippen molar-refractivity contribution in [3.63, 3.8) is 0 Å². The Balaban J connectivity index is 0.00000289. The predicted molar refractivity (Wildman–Crippen MR) is 84.9 cm³/mol. The second-order valence-electron chi connectivity index (χ2n) is 4.26. The summed E-state index contributed by atoms with van der Waals surface area (Å²) in [7, 11) is -1.39. The van der Waals surface area contributed by atoms with E-state index in [1.54, 1.807) is 14.0 Å². The highest BCUT2D eigenvalue weighted by molar-refractivity contribution is 14.0. The molecule has 1 fully saturated rings. The minimum Gasteiger partial charge on any atom is -0.355 e. The Morgan fingerprint density at radius 2 is 2.00 bits per heavy atom. The average molecular weight is 390 g/mol. The number of rotatable bonds is 6. The van der Waals surface area contributed by atoms with Crippen LogP contribution in [0.5, 0.6) is 0 Å². The van der Waals surface area contributed by atoms with Crippen molar-refractivity contribution in [3.05, 3.63) is 0 Å². The fraction of sp³-hybridized carbons (Fsp3) is 0.900. The molecular formula is C10H23IN4O2S. The Labute approximate surface area is 126 Å². The molecule has 0 heterocycles. The molecule has 0 radical (unpaired) electrons. The molecule has 0 aromatic heterocycles. The zero-order chi connectivity index (χ0) is 12.9. The molecule has 1 aliphatic carbocycles. The van der Waals surface area contributed by atoms with Crippen molar-refractivity contribution in [1.82, 2.24) is 15.4 Å². The maximum atomic E-state index is 11.2. The van der Waals surface area contributed by atoms with E-state index in [4.69, 9.17) is 0 Å². The maximum absolute atomic E-state index is 11.2. The molecule has 0 aliphatic heterocycles. The Kier molecular flexibility index (Phi) is 8.11. The van der Waals surface area contributed by atoms with E-state index in [0.29, 0.717) is 25.0 Å². The third kappa shape index (κ3) is 6.74. The zero-order valence-corrected chi connectivity index (χ0v) is 14.2. The van der Waals surface area contributed by atoms with Crippen molar-refractivity contribution in [2.75, 3.05) is 25.9 Å². The largest absolute Gasteiger partial charge is 0.355 e. The molecule has 0 amide bonds.